The van der Waals surface area contributed by atoms with E-state index in [-0.39, 0.29) is 0 Å². The van der Waals surface area contributed by atoms with Crippen LogP contribution in [0.1, 0.15) is 11.4 Å². The molecule has 21 heavy (non-hydrogen) atoms. The molecular weight excluding hydrogens is 294 g/mol. The minimum atomic E-state index is -0.614. The van der Waals surface area contributed by atoms with Gasteiger partial charge in [-0.1, -0.05) is 12.1 Å². The lowest BCUT2D eigenvalue weighted by molar-refractivity contribution is 0.581. The third-order valence-corrected chi connectivity index (χ3v) is 3.56. The molecular formula is C16H13ClF2N2. The van der Waals surface area contributed by atoms with Crippen molar-refractivity contribution in [2.45, 2.75) is 13.3 Å². The van der Waals surface area contributed by atoms with Crippen LogP contribution in [0.25, 0.3) is 16.7 Å². The molecule has 0 atom stereocenters. The number of nitrogens with zero attached hydrogens (tertiary/aromatic N) is 2. The van der Waals surface area contributed by atoms with E-state index < -0.39 is 11.6 Å². The van der Waals surface area contributed by atoms with Crippen molar-refractivity contribution in [2.75, 3.05) is 5.88 Å². The summed E-state index contributed by atoms with van der Waals surface area (Å²) in [7, 11) is 0. The molecule has 0 N–H and O–H groups in total. The second kappa shape index (κ2) is 5.45. The lowest BCUT2D eigenvalue weighted by Gasteiger charge is -2.10. The summed E-state index contributed by atoms with van der Waals surface area (Å²) in [5.41, 5.74) is 3.05. The van der Waals surface area contributed by atoms with E-state index in [4.69, 9.17) is 11.6 Å². The molecule has 0 aliphatic heterocycles. The fourth-order valence-corrected chi connectivity index (χ4v) is 2.71. The van der Waals surface area contributed by atoms with Crippen molar-refractivity contribution in [2.24, 2.45) is 0 Å². The van der Waals surface area contributed by atoms with Crippen LogP contribution in [0.5, 0.6) is 0 Å². The van der Waals surface area contributed by atoms with Gasteiger partial charge in [0.2, 0.25) is 0 Å². The van der Waals surface area contributed by atoms with Crippen molar-refractivity contribution in [1.29, 1.82) is 0 Å². The van der Waals surface area contributed by atoms with E-state index in [9.17, 15) is 8.78 Å². The predicted octanol–water partition coefficient (Wildman–Crippen LogP) is 4.39. The van der Waals surface area contributed by atoms with Crippen LogP contribution in [-0.4, -0.2) is 15.4 Å². The van der Waals surface area contributed by atoms with E-state index in [1.54, 1.807) is 4.57 Å². The summed E-state index contributed by atoms with van der Waals surface area (Å²) in [6.07, 6.45) is 0.522. The lowest BCUT2D eigenvalue weighted by atomic mass is 10.2. The van der Waals surface area contributed by atoms with Gasteiger partial charge in [-0.05, 0) is 30.7 Å². The highest BCUT2D eigenvalue weighted by atomic mass is 35.5. The lowest BCUT2D eigenvalue weighted by Crippen LogP contribution is -2.04. The molecule has 0 fully saturated rings. The zero-order valence-corrected chi connectivity index (χ0v) is 12.2. The maximum Gasteiger partial charge on any atom is 0.128 e. The summed E-state index contributed by atoms with van der Waals surface area (Å²) in [6.45, 7) is 1.95. The summed E-state index contributed by atoms with van der Waals surface area (Å²) in [5, 5.41) is 0. The topological polar surface area (TPSA) is 17.8 Å². The van der Waals surface area contributed by atoms with Gasteiger partial charge in [0, 0.05) is 18.4 Å². The van der Waals surface area contributed by atoms with Crippen LogP contribution in [0.4, 0.5) is 8.78 Å². The summed E-state index contributed by atoms with van der Waals surface area (Å²) in [5.74, 6) is -0.144. The van der Waals surface area contributed by atoms with Gasteiger partial charge in [-0.3, -0.25) is 4.57 Å². The summed E-state index contributed by atoms with van der Waals surface area (Å²) in [6, 6.07) is 9.19. The fourth-order valence-electron chi connectivity index (χ4n) is 2.54. The van der Waals surface area contributed by atoms with Gasteiger partial charge in [0.05, 0.1) is 16.7 Å². The van der Waals surface area contributed by atoms with Crippen LogP contribution in [0.3, 0.4) is 0 Å². The number of imidazole rings is 1. The van der Waals surface area contributed by atoms with Crippen LogP contribution >= 0.6 is 11.6 Å². The molecule has 0 radical (unpaired) electrons. The molecule has 5 heteroatoms. The summed E-state index contributed by atoms with van der Waals surface area (Å²) < 4.78 is 28.9. The van der Waals surface area contributed by atoms with E-state index in [1.165, 1.54) is 12.1 Å². The van der Waals surface area contributed by atoms with Crippen LogP contribution in [0.15, 0.2) is 36.4 Å². The Hall–Kier alpha value is -1.94. The normalized spacial score (nSPS) is 11.2. The molecule has 2 aromatic carbocycles. The first-order chi connectivity index (χ1) is 10.1. The number of halogens is 3. The van der Waals surface area contributed by atoms with Gasteiger partial charge in [-0.15, -0.1) is 11.6 Å². The monoisotopic (exact) mass is 306 g/mol. The SMILES string of the molecule is Cc1cccc2nc(CCCl)n(-c3cc(F)cc(F)c3)c12. The highest BCUT2D eigenvalue weighted by molar-refractivity contribution is 6.17. The molecule has 0 amide bonds. The number of fused-ring (bicyclic) bond motifs is 1. The van der Waals surface area contributed by atoms with E-state index in [0.29, 0.717) is 23.8 Å². The standard InChI is InChI=1S/C16H13ClF2N2/c1-10-3-2-4-14-16(10)21(15(20-14)5-6-17)13-8-11(18)7-12(19)9-13/h2-4,7-9H,5-6H2,1H3. The Morgan fingerprint density at radius 1 is 1.14 bits per heavy atom. The number of benzene rings is 2. The average Bonchev–Trinajstić information content (AvgIpc) is 2.77. The Kier molecular flexibility index (Phi) is 3.64. The van der Waals surface area contributed by atoms with Crippen LogP contribution < -0.4 is 0 Å². The summed E-state index contributed by atoms with van der Waals surface area (Å²) in [4.78, 5) is 4.53. The van der Waals surface area contributed by atoms with Gasteiger partial charge in [0.25, 0.3) is 0 Å². The molecule has 0 aliphatic rings. The fraction of sp³-hybridized carbons (Fsp3) is 0.188. The average molecular weight is 307 g/mol. The number of aromatic nitrogens is 2. The van der Waals surface area contributed by atoms with Crippen molar-refractivity contribution in [3.8, 4) is 5.69 Å². The maximum absolute atomic E-state index is 13.5. The molecule has 0 aliphatic carbocycles. The molecule has 108 valence electrons. The highest BCUT2D eigenvalue weighted by Gasteiger charge is 2.15. The Morgan fingerprint density at radius 2 is 1.86 bits per heavy atom. The van der Waals surface area contributed by atoms with Crippen LogP contribution in [0, 0.1) is 18.6 Å². The van der Waals surface area contributed by atoms with Crippen molar-refractivity contribution < 1.29 is 8.78 Å². The van der Waals surface area contributed by atoms with Crippen LogP contribution in [0.2, 0.25) is 0 Å². The molecule has 0 bridgehead atoms. The predicted molar refractivity (Wildman–Crippen MR) is 80.1 cm³/mol. The quantitative estimate of drug-likeness (QED) is 0.656. The van der Waals surface area contributed by atoms with Crippen molar-refractivity contribution in [3.63, 3.8) is 0 Å². The number of hydrogen-bond donors (Lipinski definition) is 0. The van der Waals surface area contributed by atoms with E-state index in [0.717, 1.165) is 22.7 Å². The Balaban J connectivity index is 2.35. The van der Waals surface area contributed by atoms with Gasteiger partial charge in [0.1, 0.15) is 17.5 Å². The maximum atomic E-state index is 13.5. The van der Waals surface area contributed by atoms with Crippen molar-refractivity contribution >= 4 is 22.6 Å². The Morgan fingerprint density at radius 3 is 2.52 bits per heavy atom. The number of para-hydroxylation sites is 1. The van der Waals surface area contributed by atoms with E-state index in [2.05, 4.69) is 4.98 Å². The number of hydrogen-bond acceptors (Lipinski definition) is 1. The largest absolute Gasteiger partial charge is 0.296 e. The van der Waals surface area contributed by atoms with Crippen molar-refractivity contribution in [1.82, 2.24) is 9.55 Å². The smallest absolute Gasteiger partial charge is 0.128 e. The number of rotatable bonds is 3. The summed E-state index contributed by atoms with van der Waals surface area (Å²) >= 11 is 5.82. The van der Waals surface area contributed by atoms with Gasteiger partial charge in [0.15, 0.2) is 0 Å². The van der Waals surface area contributed by atoms with Crippen molar-refractivity contribution in [3.05, 3.63) is 59.4 Å². The number of alkyl halides is 1. The minimum Gasteiger partial charge on any atom is -0.296 e. The van der Waals surface area contributed by atoms with Gasteiger partial charge in [-0.25, -0.2) is 13.8 Å². The third-order valence-electron chi connectivity index (χ3n) is 3.37. The molecule has 3 aromatic rings. The highest BCUT2D eigenvalue weighted by Crippen LogP contribution is 2.26. The zero-order valence-electron chi connectivity index (χ0n) is 11.4. The second-order valence-electron chi connectivity index (χ2n) is 4.87. The molecule has 0 spiro atoms. The van der Waals surface area contributed by atoms with Gasteiger partial charge >= 0.3 is 0 Å². The first-order valence-corrected chi connectivity index (χ1v) is 7.13. The van der Waals surface area contributed by atoms with Gasteiger partial charge < -0.3 is 0 Å². The zero-order chi connectivity index (χ0) is 15.0. The Labute approximate surface area is 126 Å². The van der Waals surface area contributed by atoms with E-state index in [1.807, 2.05) is 25.1 Å². The Bertz CT molecular complexity index is 791. The molecule has 0 saturated carbocycles. The molecule has 3 rings (SSSR count). The second-order valence-corrected chi connectivity index (χ2v) is 5.25. The molecule has 0 saturated heterocycles. The first kappa shape index (κ1) is 14.0. The number of aryl methyl sites for hydroxylation is 2. The minimum absolute atomic E-state index is 0.389. The molecule has 2 nitrogen and oxygen atoms in total. The molecule has 0 unspecified atom stereocenters. The molecule has 1 aromatic heterocycles. The third kappa shape index (κ3) is 2.51. The van der Waals surface area contributed by atoms with Crippen LogP contribution in [-0.2, 0) is 6.42 Å². The molecule has 1 heterocycles. The first-order valence-electron chi connectivity index (χ1n) is 6.59. The van der Waals surface area contributed by atoms with E-state index >= 15 is 0 Å². The van der Waals surface area contributed by atoms with Gasteiger partial charge in [-0.2, -0.15) is 0 Å².